The van der Waals surface area contributed by atoms with Crippen molar-refractivity contribution in [3.05, 3.63) is 0 Å². The second-order valence-electron chi connectivity index (χ2n) is 6.02. The van der Waals surface area contributed by atoms with Crippen LogP contribution in [-0.2, 0) is 0 Å². The molecule has 0 aromatic carbocycles. The van der Waals surface area contributed by atoms with Gasteiger partial charge >= 0.3 is 0 Å². The zero-order chi connectivity index (χ0) is 12.8. The highest BCUT2D eigenvalue weighted by atomic mass is 16.3. The van der Waals surface area contributed by atoms with Gasteiger partial charge in [0.25, 0.3) is 0 Å². The summed E-state index contributed by atoms with van der Waals surface area (Å²) in [7, 11) is 0. The Bertz CT molecular complexity index is 186. The molecule has 0 spiro atoms. The van der Waals surface area contributed by atoms with Crippen molar-refractivity contribution >= 4 is 0 Å². The summed E-state index contributed by atoms with van der Waals surface area (Å²) in [6.45, 7) is 11.7. The molecule has 0 aliphatic heterocycles. The molecule has 3 heteroatoms. The molecule has 3 N–H and O–H groups in total. The molecule has 0 aliphatic carbocycles. The van der Waals surface area contributed by atoms with Gasteiger partial charge in [-0.3, -0.25) is 0 Å². The molecular formula is C13H29NO2. The highest BCUT2D eigenvalue weighted by Crippen LogP contribution is 2.19. The molecule has 0 saturated heterocycles. The summed E-state index contributed by atoms with van der Waals surface area (Å²) in [4.78, 5) is 0. The summed E-state index contributed by atoms with van der Waals surface area (Å²) in [5, 5.41) is 22.6. The SMILES string of the molecule is CCC(C)(CO)CNCC(C)(O)CC(C)C. The number of aliphatic hydroxyl groups excluding tert-OH is 1. The quantitative estimate of drug-likeness (QED) is 0.597. The third-order valence-corrected chi connectivity index (χ3v) is 3.14. The van der Waals surface area contributed by atoms with Crippen molar-refractivity contribution in [2.24, 2.45) is 11.3 Å². The summed E-state index contributed by atoms with van der Waals surface area (Å²) in [5.41, 5.74) is -0.730. The third kappa shape index (κ3) is 6.46. The van der Waals surface area contributed by atoms with Crippen LogP contribution in [0.25, 0.3) is 0 Å². The molecule has 0 rings (SSSR count). The van der Waals surface area contributed by atoms with E-state index in [-0.39, 0.29) is 12.0 Å². The first-order valence-electron chi connectivity index (χ1n) is 6.28. The molecule has 0 radical (unpaired) electrons. The molecule has 0 bridgehead atoms. The lowest BCUT2D eigenvalue weighted by molar-refractivity contribution is 0.0332. The lowest BCUT2D eigenvalue weighted by Crippen LogP contribution is -2.43. The van der Waals surface area contributed by atoms with Crippen LogP contribution in [0.1, 0.15) is 47.5 Å². The van der Waals surface area contributed by atoms with Gasteiger partial charge in [-0.15, -0.1) is 0 Å². The molecule has 3 nitrogen and oxygen atoms in total. The van der Waals surface area contributed by atoms with Crippen LogP contribution < -0.4 is 5.32 Å². The van der Waals surface area contributed by atoms with Crippen LogP contribution in [0.4, 0.5) is 0 Å². The highest BCUT2D eigenvalue weighted by molar-refractivity contribution is 4.80. The van der Waals surface area contributed by atoms with E-state index in [9.17, 15) is 10.2 Å². The topological polar surface area (TPSA) is 52.5 Å². The van der Waals surface area contributed by atoms with E-state index in [0.29, 0.717) is 12.5 Å². The van der Waals surface area contributed by atoms with Gasteiger partial charge in [0.2, 0.25) is 0 Å². The minimum atomic E-state index is -0.654. The van der Waals surface area contributed by atoms with Gasteiger partial charge in [-0.25, -0.2) is 0 Å². The molecule has 0 fully saturated rings. The fraction of sp³-hybridized carbons (Fsp3) is 1.00. The van der Waals surface area contributed by atoms with Crippen molar-refractivity contribution in [1.29, 1.82) is 0 Å². The number of hydrogen-bond donors (Lipinski definition) is 3. The fourth-order valence-electron chi connectivity index (χ4n) is 1.88. The van der Waals surface area contributed by atoms with E-state index in [0.717, 1.165) is 19.4 Å². The van der Waals surface area contributed by atoms with Crippen LogP contribution in [0, 0.1) is 11.3 Å². The van der Waals surface area contributed by atoms with Gasteiger partial charge in [-0.1, -0.05) is 27.7 Å². The van der Waals surface area contributed by atoms with Crippen molar-refractivity contribution < 1.29 is 10.2 Å². The van der Waals surface area contributed by atoms with Crippen molar-refractivity contribution in [2.75, 3.05) is 19.7 Å². The first-order chi connectivity index (χ1) is 7.24. The molecule has 2 unspecified atom stereocenters. The standard InChI is InChI=1S/C13H29NO2/c1-6-12(4,10-15)8-14-9-13(5,16)7-11(2)3/h11,14-16H,6-10H2,1-5H3. The van der Waals surface area contributed by atoms with Crippen LogP contribution in [-0.4, -0.2) is 35.5 Å². The Morgan fingerprint density at radius 1 is 1.19 bits per heavy atom. The highest BCUT2D eigenvalue weighted by Gasteiger charge is 2.24. The van der Waals surface area contributed by atoms with Gasteiger partial charge in [-0.05, 0) is 25.7 Å². The van der Waals surface area contributed by atoms with E-state index >= 15 is 0 Å². The number of aliphatic hydroxyl groups is 2. The Kier molecular flexibility index (Phi) is 6.53. The van der Waals surface area contributed by atoms with Crippen LogP contribution in [0.15, 0.2) is 0 Å². The van der Waals surface area contributed by atoms with Crippen molar-refractivity contribution in [1.82, 2.24) is 5.32 Å². The smallest absolute Gasteiger partial charge is 0.0746 e. The summed E-state index contributed by atoms with van der Waals surface area (Å²) >= 11 is 0. The largest absolute Gasteiger partial charge is 0.396 e. The Balaban J connectivity index is 3.96. The maximum atomic E-state index is 10.1. The number of nitrogens with one attached hydrogen (secondary N) is 1. The zero-order valence-corrected chi connectivity index (χ0v) is 11.5. The average Bonchev–Trinajstić information content (AvgIpc) is 2.15. The van der Waals surface area contributed by atoms with E-state index in [1.165, 1.54) is 0 Å². The number of hydrogen-bond acceptors (Lipinski definition) is 3. The Morgan fingerprint density at radius 2 is 1.75 bits per heavy atom. The molecule has 2 atom stereocenters. The molecule has 16 heavy (non-hydrogen) atoms. The van der Waals surface area contributed by atoms with Crippen molar-refractivity contribution in [3.63, 3.8) is 0 Å². The van der Waals surface area contributed by atoms with Crippen LogP contribution >= 0.6 is 0 Å². The van der Waals surface area contributed by atoms with Crippen LogP contribution in [0.5, 0.6) is 0 Å². The van der Waals surface area contributed by atoms with Crippen molar-refractivity contribution in [3.8, 4) is 0 Å². The maximum Gasteiger partial charge on any atom is 0.0746 e. The fourth-order valence-corrected chi connectivity index (χ4v) is 1.88. The zero-order valence-electron chi connectivity index (χ0n) is 11.5. The molecule has 0 amide bonds. The van der Waals surface area contributed by atoms with E-state index in [1.54, 1.807) is 0 Å². The molecule has 0 aromatic rings. The molecule has 0 saturated carbocycles. The summed E-state index contributed by atoms with van der Waals surface area (Å²) in [5.74, 6) is 0.493. The third-order valence-electron chi connectivity index (χ3n) is 3.14. The predicted molar refractivity (Wildman–Crippen MR) is 68.4 cm³/mol. The molecule has 0 aliphatic rings. The van der Waals surface area contributed by atoms with E-state index in [2.05, 4.69) is 33.0 Å². The molecule has 0 aromatic heterocycles. The molecule has 0 heterocycles. The normalized spacial score (nSPS) is 19.5. The monoisotopic (exact) mass is 231 g/mol. The van der Waals surface area contributed by atoms with E-state index in [1.807, 2.05) is 6.92 Å². The minimum Gasteiger partial charge on any atom is -0.396 e. The van der Waals surface area contributed by atoms with Crippen LogP contribution in [0.3, 0.4) is 0 Å². The second-order valence-corrected chi connectivity index (χ2v) is 6.02. The van der Waals surface area contributed by atoms with E-state index in [4.69, 9.17) is 0 Å². The Hall–Kier alpha value is -0.120. The van der Waals surface area contributed by atoms with Crippen LogP contribution in [0.2, 0.25) is 0 Å². The minimum absolute atomic E-state index is 0.0755. The predicted octanol–water partition coefficient (Wildman–Crippen LogP) is 1.78. The van der Waals surface area contributed by atoms with E-state index < -0.39 is 5.60 Å². The van der Waals surface area contributed by atoms with Gasteiger partial charge in [0.1, 0.15) is 0 Å². The molecule has 98 valence electrons. The lowest BCUT2D eigenvalue weighted by atomic mass is 9.88. The average molecular weight is 231 g/mol. The van der Waals surface area contributed by atoms with Gasteiger partial charge in [0.05, 0.1) is 5.60 Å². The number of rotatable bonds is 8. The van der Waals surface area contributed by atoms with Gasteiger partial charge in [0.15, 0.2) is 0 Å². The summed E-state index contributed by atoms with van der Waals surface area (Å²) in [6.07, 6.45) is 1.73. The summed E-state index contributed by atoms with van der Waals surface area (Å²) in [6, 6.07) is 0. The molecular weight excluding hydrogens is 202 g/mol. The summed E-state index contributed by atoms with van der Waals surface area (Å²) < 4.78 is 0. The Labute approximate surface area is 100 Å². The lowest BCUT2D eigenvalue weighted by Gasteiger charge is -2.30. The van der Waals surface area contributed by atoms with Gasteiger partial charge in [0, 0.05) is 25.1 Å². The maximum absolute atomic E-state index is 10.1. The first kappa shape index (κ1) is 15.9. The van der Waals surface area contributed by atoms with Gasteiger partial charge < -0.3 is 15.5 Å². The second kappa shape index (κ2) is 6.58. The first-order valence-corrected chi connectivity index (χ1v) is 6.28. The van der Waals surface area contributed by atoms with Gasteiger partial charge in [-0.2, -0.15) is 0 Å². The Morgan fingerprint density at radius 3 is 2.12 bits per heavy atom. The van der Waals surface area contributed by atoms with Crippen molar-refractivity contribution in [2.45, 2.75) is 53.1 Å².